The van der Waals surface area contributed by atoms with Crippen LogP contribution in [0.25, 0.3) is 0 Å². The number of nitro groups is 1. The lowest BCUT2D eigenvalue weighted by molar-refractivity contribution is -0.384. The van der Waals surface area contributed by atoms with E-state index < -0.39 is 4.92 Å². The SMILES string of the molecule is CCC1COC(C)CN1C(=O)c1ccc([N+](=O)[O-])cc1Cl. The molecule has 1 aliphatic rings. The second-order valence-corrected chi connectivity index (χ2v) is 5.49. The highest BCUT2D eigenvalue weighted by atomic mass is 35.5. The second-order valence-electron chi connectivity index (χ2n) is 5.08. The summed E-state index contributed by atoms with van der Waals surface area (Å²) in [5.74, 6) is -0.211. The first-order valence-electron chi connectivity index (χ1n) is 6.80. The van der Waals surface area contributed by atoms with Crippen molar-refractivity contribution in [2.45, 2.75) is 32.4 Å². The Labute approximate surface area is 127 Å². The fraction of sp³-hybridized carbons (Fsp3) is 0.500. The number of carbonyl (C=O) groups is 1. The Kier molecular flexibility index (Phi) is 4.80. The van der Waals surface area contributed by atoms with Crippen LogP contribution in [0.4, 0.5) is 5.69 Å². The van der Waals surface area contributed by atoms with Crippen LogP contribution in [0.3, 0.4) is 0 Å². The minimum absolute atomic E-state index is 0.0000383. The highest BCUT2D eigenvalue weighted by Crippen LogP contribution is 2.26. The first kappa shape index (κ1) is 15.7. The van der Waals surface area contributed by atoms with E-state index in [-0.39, 0.29) is 34.3 Å². The van der Waals surface area contributed by atoms with Crippen molar-refractivity contribution in [3.63, 3.8) is 0 Å². The largest absolute Gasteiger partial charge is 0.375 e. The Morgan fingerprint density at radius 3 is 2.86 bits per heavy atom. The molecule has 1 aromatic carbocycles. The normalized spacial score (nSPS) is 22.1. The zero-order chi connectivity index (χ0) is 15.6. The van der Waals surface area contributed by atoms with Gasteiger partial charge in [-0.25, -0.2) is 0 Å². The topological polar surface area (TPSA) is 72.7 Å². The summed E-state index contributed by atoms with van der Waals surface area (Å²) in [5.41, 5.74) is 0.161. The quantitative estimate of drug-likeness (QED) is 0.635. The number of benzene rings is 1. The number of amides is 1. The summed E-state index contributed by atoms with van der Waals surface area (Å²) in [6, 6.07) is 3.92. The molecule has 1 aromatic rings. The van der Waals surface area contributed by atoms with Crippen LogP contribution in [-0.2, 0) is 4.74 Å². The molecule has 1 saturated heterocycles. The third-order valence-electron chi connectivity index (χ3n) is 3.59. The Morgan fingerprint density at radius 2 is 2.29 bits per heavy atom. The molecule has 21 heavy (non-hydrogen) atoms. The van der Waals surface area contributed by atoms with Crippen molar-refractivity contribution in [2.75, 3.05) is 13.2 Å². The summed E-state index contributed by atoms with van der Waals surface area (Å²) in [4.78, 5) is 24.5. The molecule has 0 radical (unpaired) electrons. The lowest BCUT2D eigenvalue weighted by atomic mass is 10.1. The lowest BCUT2D eigenvalue weighted by Gasteiger charge is -2.38. The Morgan fingerprint density at radius 1 is 1.57 bits per heavy atom. The standard InChI is InChI=1S/C14H17ClN2O4/c1-3-10-8-21-9(2)7-16(10)14(18)12-5-4-11(17(19)20)6-13(12)15/h4-6,9-10H,3,7-8H2,1-2H3. The van der Waals surface area contributed by atoms with E-state index >= 15 is 0 Å². The summed E-state index contributed by atoms with van der Waals surface area (Å²) >= 11 is 6.03. The third-order valence-corrected chi connectivity index (χ3v) is 3.91. The van der Waals surface area contributed by atoms with E-state index in [0.717, 1.165) is 6.42 Å². The van der Waals surface area contributed by atoms with E-state index in [2.05, 4.69) is 0 Å². The van der Waals surface area contributed by atoms with E-state index in [1.807, 2.05) is 13.8 Å². The number of hydrogen-bond donors (Lipinski definition) is 0. The predicted molar refractivity (Wildman–Crippen MR) is 78.6 cm³/mol. The van der Waals surface area contributed by atoms with Crippen LogP contribution in [0.5, 0.6) is 0 Å². The van der Waals surface area contributed by atoms with Crippen LogP contribution in [-0.4, -0.2) is 41.0 Å². The maximum absolute atomic E-state index is 12.6. The smallest absolute Gasteiger partial charge is 0.270 e. The molecule has 0 aromatic heterocycles. The molecule has 7 heteroatoms. The van der Waals surface area contributed by atoms with Gasteiger partial charge < -0.3 is 9.64 Å². The molecule has 1 aliphatic heterocycles. The first-order chi connectivity index (χ1) is 9.93. The molecule has 1 heterocycles. The highest BCUT2D eigenvalue weighted by Gasteiger charge is 2.31. The van der Waals surface area contributed by atoms with E-state index in [0.29, 0.717) is 13.2 Å². The summed E-state index contributed by atoms with van der Waals surface area (Å²) in [7, 11) is 0. The summed E-state index contributed by atoms with van der Waals surface area (Å²) in [6.45, 7) is 4.88. The van der Waals surface area contributed by atoms with Crippen LogP contribution < -0.4 is 0 Å². The van der Waals surface area contributed by atoms with Gasteiger partial charge in [0.15, 0.2) is 0 Å². The minimum Gasteiger partial charge on any atom is -0.375 e. The first-order valence-corrected chi connectivity index (χ1v) is 7.18. The number of halogens is 1. The van der Waals surface area contributed by atoms with Gasteiger partial charge in [0.05, 0.1) is 34.3 Å². The maximum Gasteiger partial charge on any atom is 0.270 e. The van der Waals surface area contributed by atoms with E-state index in [1.54, 1.807) is 4.90 Å². The van der Waals surface area contributed by atoms with Gasteiger partial charge in [0, 0.05) is 18.7 Å². The van der Waals surface area contributed by atoms with Crippen molar-refractivity contribution in [1.82, 2.24) is 4.90 Å². The summed E-state index contributed by atoms with van der Waals surface area (Å²) < 4.78 is 5.56. The van der Waals surface area contributed by atoms with Crippen molar-refractivity contribution < 1.29 is 14.5 Å². The summed E-state index contributed by atoms with van der Waals surface area (Å²) in [5, 5.41) is 10.8. The van der Waals surface area contributed by atoms with Crippen molar-refractivity contribution >= 4 is 23.2 Å². The minimum atomic E-state index is -0.536. The van der Waals surface area contributed by atoms with Crippen LogP contribution >= 0.6 is 11.6 Å². The number of rotatable bonds is 3. The molecule has 0 bridgehead atoms. The van der Waals surface area contributed by atoms with Crippen LogP contribution in [0.2, 0.25) is 5.02 Å². The van der Waals surface area contributed by atoms with Gasteiger partial charge in [-0.2, -0.15) is 0 Å². The molecule has 1 amide bonds. The molecule has 0 spiro atoms. The van der Waals surface area contributed by atoms with Crippen molar-refractivity contribution in [3.05, 3.63) is 38.9 Å². The van der Waals surface area contributed by atoms with Gasteiger partial charge in [-0.3, -0.25) is 14.9 Å². The Balaban J connectivity index is 2.28. The second kappa shape index (κ2) is 6.41. The Hall–Kier alpha value is -1.66. The monoisotopic (exact) mass is 312 g/mol. The molecule has 2 atom stereocenters. The van der Waals surface area contributed by atoms with Crippen molar-refractivity contribution in [2.24, 2.45) is 0 Å². The molecule has 1 fully saturated rings. The van der Waals surface area contributed by atoms with Gasteiger partial charge >= 0.3 is 0 Å². The zero-order valence-electron chi connectivity index (χ0n) is 11.9. The maximum atomic E-state index is 12.6. The average Bonchev–Trinajstić information content (AvgIpc) is 2.46. The van der Waals surface area contributed by atoms with Gasteiger partial charge in [-0.1, -0.05) is 18.5 Å². The Bertz CT molecular complexity index is 564. The third kappa shape index (κ3) is 3.33. The lowest BCUT2D eigenvalue weighted by Crippen LogP contribution is -2.51. The van der Waals surface area contributed by atoms with Gasteiger partial charge in [0.1, 0.15) is 0 Å². The number of carbonyl (C=O) groups excluding carboxylic acids is 1. The van der Waals surface area contributed by atoms with Gasteiger partial charge in [-0.05, 0) is 19.4 Å². The molecule has 0 saturated carbocycles. The summed E-state index contributed by atoms with van der Waals surface area (Å²) in [6.07, 6.45) is 0.747. The molecular weight excluding hydrogens is 296 g/mol. The molecule has 0 aliphatic carbocycles. The highest BCUT2D eigenvalue weighted by molar-refractivity contribution is 6.34. The van der Waals surface area contributed by atoms with Crippen LogP contribution in [0.15, 0.2) is 18.2 Å². The predicted octanol–water partition coefficient (Wildman–Crippen LogP) is 2.89. The van der Waals surface area contributed by atoms with E-state index in [4.69, 9.17) is 16.3 Å². The number of morpholine rings is 1. The zero-order valence-corrected chi connectivity index (χ0v) is 12.7. The molecule has 0 N–H and O–H groups in total. The van der Waals surface area contributed by atoms with E-state index in [9.17, 15) is 14.9 Å². The van der Waals surface area contributed by atoms with Crippen LogP contribution in [0, 0.1) is 10.1 Å². The fourth-order valence-corrected chi connectivity index (χ4v) is 2.63. The number of ether oxygens (including phenoxy) is 1. The molecular formula is C14H17ClN2O4. The average molecular weight is 313 g/mol. The molecule has 6 nitrogen and oxygen atoms in total. The van der Waals surface area contributed by atoms with Gasteiger partial charge in [-0.15, -0.1) is 0 Å². The van der Waals surface area contributed by atoms with Crippen molar-refractivity contribution in [3.8, 4) is 0 Å². The fourth-order valence-electron chi connectivity index (χ4n) is 2.38. The van der Waals surface area contributed by atoms with Crippen LogP contribution in [0.1, 0.15) is 30.6 Å². The van der Waals surface area contributed by atoms with Gasteiger partial charge in [0.2, 0.25) is 0 Å². The molecule has 114 valence electrons. The molecule has 2 rings (SSSR count). The van der Waals surface area contributed by atoms with Crippen molar-refractivity contribution in [1.29, 1.82) is 0 Å². The van der Waals surface area contributed by atoms with Gasteiger partial charge in [0.25, 0.3) is 11.6 Å². The number of nitrogens with zero attached hydrogens (tertiary/aromatic N) is 2. The number of nitro benzene ring substituents is 1. The number of non-ortho nitro benzene ring substituents is 1. The van der Waals surface area contributed by atoms with E-state index in [1.165, 1.54) is 18.2 Å². The molecule has 2 unspecified atom stereocenters. The number of hydrogen-bond acceptors (Lipinski definition) is 4.